The van der Waals surface area contributed by atoms with Gasteiger partial charge >= 0.3 is 0 Å². The number of nitrogens with two attached hydrogens (primary N) is 1. The van der Waals surface area contributed by atoms with Crippen LogP contribution in [0.25, 0.3) is 32.8 Å². The molecule has 1 heterocycles. The number of nitrogens with zero attached hydrogens (tertiary/aromatic N) is 1. The van der Waals surface area contributed by atoms with Crippen molar-refractivity contribution >= 4 is 33.3 Å². The van der Waals surface area contributed by atoms with Crippen molar-refractivity contribution in [2.45, 2.75) is 26.7 Å². The van der Waals surface area contributed by atoms with Crippen LogP contribution in [0.2, 0.25) is 0 Å². The number of H-pyrrole nitrogens is 1. The Morgan fingerprint density at radius 3 is 2.47 bits per heavy atom. The van der Waals surface area contributed by atoms with E-state index in [1.165, 1.54) is 5.56 Å². The number of aromatic amines is 1. The van der Waals surface area contributed by atoms with Crippen LogP contribution in [0.5, 0.6) is 0 Å². The minimum atomic E-state index is 0.220. The van der Waals surface area contributed by atoms with Gasteiger partial charge in [-0.1, -0.05) is 72.3 Å². The van der Waals surface area contributed by atoms with Gasteiger partial charge in [-0.15, -0.1) is 0 Å². The Kier molecular flexibility index (Phi) is 4.98. The molecule has 0 aliphatic carbocycles. The highest BCUT2D eigenvalue weighted by Gasteiger charge is 2.15. The van der Waals surface area contributed by atoms with Gasteiger partial charge in [-0.3, -0.25) is 9.89 Å². The molecule has 32 heavy (non-hydrogen) atoms. The molecule has 5 aromatic rings. The lowest BCUT2D eigenvalue weighted by Gasteiger charge is -2.13. The molecular formula is C28H25N3O. The Hall–Kier alpha value is -3.92. The summed E-state index contributed by atoms with van der Waals surface area (Å²) < 4.78 is 0. The Morgan fingerprint density at radius 2 is 1.62 bits per heavy atom. The number of carbonyl (C=O) groups is 1. The quantitative estimate of drug-likeness (QED) is 0.370. The molecule has 0 unspecified atom stereocenters. The summed E-state index contributed by atoms with van der Waals surface area (Å²) in [5.41, 5.74) is 13.7. The maximum atomic E-state index is 13.0. The Balaban J connectivity index is 1.55. The number of fused-ring (bicyclic) bond motifs is 2. The van der Waals surface area contributed by atoms with Crippen molar-refractivity contribution in [3.8, 4) is 11.1 Å². The molecule has 5 rings (SSSR count). The third-order valence-corrected chi connectivity index (χ3v) is 6.20. The third-order valence-electron chi connectivity index (χ3n) is 6.20. The second-order valence-corrected chi connectivity index (χ2v) is 8.48. The first-order chi connectivity index (χ1) is 15.5. The molecule has 0 saturated carbocycles. The molecule has 4 aromatic carbocycles. The first-order valence-corrected chi connectivity index (χ1v) is 10.8. The van der Waals surface area contributed by atoms with Gasteiger partial charge in [0.15, 0.2) is 5.82 Å². The zero-order chi connectivity index (χ0) is 22.2. The number of anilines is 1. The van der Waals surface area contributed by atoms with E-state index in [2.05, 4.69) is 72.6 Å². The van der Waals surface area contributed by atoms with Gasteiger partial charge in [0.25, 0.3) is 0 Å². The molecule has 0 radical (unpaired) electrons. The van der Waals surface area contributed by atoms with Gasteiger partial charge in [0.2, 0.25) is 0 Å². The van der Waals surface area contributed by atoms with Crippen LogP contribution in [0.3, 0.4) is 0 Å². The summed E-state index contributed by atoms with van der Waals surface area (Å²) in [6.45, 7) is 4.13. The topological polar surface area (TPSA) is 71.8 Å². The smallest absolute Gasteiger partial charge is 0.153 e. The van der Waals surface area contributed by atoms with E-state index in [4.69, 9.17) is 5.73 Å². The number of hydrogen-bond acceptors (Lipinski definition) is 3. The van der Waals surface area contributed by atoms with Crippen molar-refractivity contribution in [2.75, 3.05) is 5.73 Å². The van der Waals surface area contributed by atoms with Crippen LogP contribution >= 0.6 is 0 Å². The van der Waals surface area contributed by atoms with Crippen LogP contribution in [-0.2, 0) is 17.6 Å². The van der Waals surface area contributed by atoms with Crippen molar-refractivity contribution in [1.82, 2.24) is 10.2 Å². The van der Waals surface area contributed by atoms with Crippen LogP contribution in [0, 0.1) is 13.8 Å². The average molecular weight is 420 g/mol. The van der Waals surface area contributed by atoms with E-state index in [0.717, 1.165) is 49.5 Å². The van der Waals surface area contributed by atoms with Gasteiger partial charge in [0.1, 0.15) is 5.78 Å². The second-order valence-electron chi connectivity index (χ2n) is 8.48. The molecule has 4 heteroatoms. The largest absolute Gasteiger partial charge is 0.382 e. The molecule has 4 nitrogen and oxygen atoms in total. The minimum Gasteiger partial charge on any atom is -0.382 e. The fourth-order valence-corrected chi connectivity index (χ4v) is 4.55. The Bertz CT molecular complexity index is 1480. The lowest BCUT2D eigenvalue weighted by Crippen LogP contribution is -2.08. The maximum Gasteiger partial charge on any atom is 0.153 e. The number of nitrogen functional groups attached to an aromatic ring is 1. The molecule has 0 atom stereocenters. The number of benzene rings is 4. The third kappa shape index (κ3) is 3.54. The molecule has 0 amide bonds. The number of aryl methyl sites for hydroxylation is 2. The molecule has 0 bridgehead atoms. The van der Waals surface area contributed by atoms with Crippen LogP contribution in [0.1, 0.15) is 22.3 Å². The molecule has 0 aliphatic heterocycles. The van der Waals surface area contributed by atoms with Gasteiger partial charge < -0.3 is 5.73 Å². The van der Waals surface area contributed by atoms with Crippen molar-refractivity contribution in [1.29, 1.82) is 0 Å². The first-order valence-electron chi connectivity index (χ1n) is 10.8. The van der Waals surface area contributed by atoms with E-state index >= 15 is 0 Å². The highest BCUT2D eigenvalue weighted by Crippen LogP contribution is 2.36. The summed E-state index contributed by atoms with van der Waals surface area (Å²) in [4.78, 5) is 13.0. The lowest BCUT2D eigenvalue weighted by atomic mass is 9.90. The number of aromatic nitrogens is 2. The molecule has 0 spiro atoms. The van der Waals surface area contributed by atoms with Crippen molar-refractivity contribution in [2.24, 2.45) is 0 Å². The van der Waals surface area contributed by atoms with Crippen molar-refractivity contribution in [3.05, 3.63) is 95.1 Å². The van der Waals surface area contributed by atoms with Crippen LogP contribution < -0.4 is 5.73 Å². The van der Waals surface area contributed by atoms with Crippen molar-refractivity contribution < 1.29 is 4.79 Å². The summed E-state index contributed by atoms with van der Waals surface area (Å²) in [5, 5.41) is 10.3. The number of carbonyl (C=O) groups excluding carboxylic acids is 1. The maximum absolute atomic E-state index is 13.0. The van der Waals surface area contributed by atoms with Gasteiger partial charge in [-0.25, -0.2) is 0 Å². The van der Waals surface area contributed by atoms with E-state index in [1.807, 2.05) is 24.3 Å². The van der Waals surface area contributed by atoms with E-state index in [-0.39, 0.29) is 5.78 Å². The molecule has 158 valence electrons. The average Bonchev–Trinajstić information content (AvgIpc) is 3.18. The molecule has 0 aliphatic rings. The lowest BCUT2D eigenvalue weighted by molar-refractivity contribution is -0.117. The summed E-state index contributed by atoms with van der Waals surface area (Å²) in [5.74, 6) is 0.713. The zero-order valence-electron chi connectivity index (χ0n) is 18.3. The fourth-order valence-electron chi connectivity index (χ4n) is 4.55. The van der Waals surface area contributed by atoms with Gasteiger partial charge in [0.05, 0.1) is 10.9 Å². The minimum absolute atomic E-state index is 0.220. The summed E-state index contributed by atoms with van der Waals surface area (Å²) in [6.07, 6.45) is 0.862. The van der Waals surface area contributed by atoms with E-state index < -0.39 is 0 Å². The Morgan fingerprint density at radius 1 is 0.844 bits per heavy atom. The predicted molar refractivity (Wildman–Crippen MR) is 132 cm³/mol. The normalized spacial score (nSPS) is 11.3. The van der Waals surface area contributed by atoms with Gasteiger partial charge in [0, 0.05) is 12.8 Å². The van der Waals surface area contributed by atoms with E-state index in [9.17, 15) is 4.79 Å². The highest BCUT2D eigenvalue weighted by molar-refractivity contribution is 6.09. The highest BCUT2D eigenvalue weighted by atomic mass is 16.1. The second kappa shape index (κ2) is 7.97. The van der Waals surface area contributed by atoms with Gasteiger partial charge in [-0.2, -0.15) is 5.10 Å². The SMILES string of the molecule is Cc1ccc(C)c(CC(=O)Cc2ccc(-c3cccc4[nH]nc(N)c34)c3ccccc23)c1. The zero-order valence-corrected chi connectivity index (χ0v) is 18.3. The predicted octanol–water partition coefficient (Wildman–Crippen LogP) is 5.94. The van der Waals surface area contributed by atoms with Crippen LogP contribution in [0.15, 0.2) is 72.8 Å². The van der Waals surface area contributed by atoms with E-state index in [1.54, 1.807) is 0 Å². The van der Waals surface area contributed by atoms with Crippen LogP contribution in [0.4, 0.5) is 5.82 Å². The number of Topliss-reactive ketones (excluding diaryl/α,β-unsaturated/α-hetero) is 1. The molecule has 0 fully saturated rings. The molecule has 0 saturated heterocycles. The number of ketones is 1. The number of hydrogen-bond donors (Lipinski definition) is 2. The summed E-state index contributed by atoms with van der Waals surface area (Å²) >= 11 is 0. The number of rotatable bonds is 5. The standard InChI is InChI=1S/C28H25N3O/c1-17-10-11-18(2)20(14-17)16-21(32)15-19-12-13-24(23-7-4-3-6-22(19)23)25-8-5-9-26-27(25)28(29)31-30-26/h3-14H,15-16H2,1-2H3,(H3,29,30,31). The molecule has 3 N–H and O–H groups in total. The van der Waals surface area contributed by atoms with E-state index in [0.29, 0.717) is 18.7 Å². The Labute approximate surface area is 187 Å². The van der Waals surface area contributed by atoms with Crippen molar-refractivity contribution in [3.63, 3.8) is 0 Å². The summed E-state index contributed by atoms with van der Waals surface area (Å²) in [7, 11) is 0. The monoisotopic (exact) mass is 419 g/mol. The number of nitrogens with one attached hydrogen (secondary N) is 1. The van der Waals surface area contributed by atoms with Gasteiger partial charge in [-0.05, 0) is 58.5 Å². The molecular weight excluding hydrogens is 394 g/mol. The summed E-state index contributed by atoms with van der Waals surface area (Å²) in [6, 6.07) is 24.8. The molecule has 1 aromatic heterocycles. The first kappa shape index (κ1) is 20.0. The fraction of sp³-hybridized carbons (Fsp3) is 0.143. The van der Waals surface area contributed by atoms with Crippen LogP contribution in [-0.4, -0.2) is 16.0 Å².